The Labute approximate surface area is 139 Å². The molecule has 1 aliphatic carbocycles. The quantitative estimate of drug-likeness (QED) is 0.785. The zero-order chi connectivity index (χ0) is 16.8. The van der Waals surface area contributed by atoms with Crippen molar-refractivity contribution in [2.45, 2.75) is 71.4 Å². The molecule has 23 heavy (non-hydrogen) atoms. The molecule has 3 fully saturated rings. The number of rotatable bonds is 2. The van der Waals surface area contributed by atoms with Crippen LogP contribution in [0.5, 0.6) is 0 Å². The Morgan fingerprint density at radius 3 is 2.65 bits per heavy atom. The van der Waals surface area contributed by atoms with Crippen molar-refractivity contribution >= 4 is 12.0 Å². The third kappa shape index (κ3) is 3.48. The average Bonchev–Trinajstić information content (AvgIpc) is 3.22. The van der Waals surface area contributed by atoms with Gasteiger partial charge in [0.1, 0.15) is 5.60 Å². The van der Waals surface area contributed by atoms with Crippen LogP contribution in [-0.2, 0) is 9.53 Å². The number of amides is 2. The number of hydrogen-bond acceptors (Lipinski definition) is 3. The summed E-state index contributed by atoms with van der Waals surface area (Å²) in [5, 5.41) is 0. The molecule has 0 radical (unpaired) electrons. The summed E-state index contributed by atoms with van der Waals surface area (Å²) in [5.74, 6) is 0.979. The van der Waals surface area contributed by atoms with Gasteiger partial charge in [-0.15, -0.1) is 0 Å². The Hall–Kier alpha value is -1.26. The molecule has 2 saturated heterocycles. The summed E-state index contributed by atoms with van der Waals surface area (Å²) in [7, 11) is 0. The normalized spacial score (nSPS) is 31.8. The summed E-state index contributed by atoms with van der Waals surface area (Å²) in [6.45, 7) is 9.92. The van der Waals surface area contributed by atoms with Gasteiger partial charge in [-0.2, -0.15) is 0 Å². The first-order valence-corrected chi connectivity index (χ1v) is 8.99. The maximum Gasteiger partial charge on any atom is 0.410 e. The molecular weight excluding hydrogens is 292 g/mol. The van der Waals surface area contributed by atoms with E-state index in [0.717, 1.165) is 25.8 Å². The largest absolute Gasteiger partial charge is 0.444 e. The minimum Gasteiger partial charge on any atom is -0.444 e. The molecule has 0 N–H and O–H groups in total. The zero-order valence-electron chi connectivity index (χ0n) is 14.9. The van der Waals surface area contributed by atoms with Crippen molar-refractivity contribution in [3.63, 3.8) is 0 Å². The highest BCUT2D eigenvalue weighted by molar-refractivity contribution is 5.86. The molecule has 0 aromatic heterocycles. The number of likely N-dealkylation sites (tertiary alicyclic amines) is 2. The van der Waals surface area contributed by atoms with Crippen molar-refractivity contribution < 1.29 is 14.3 Å². The summed E-state index contributed by atoms with van der Waals surface area (Å²) in [5.41, 5.74) is -0.865. The van der Waals surface area contributed by atoms with E-state index >= 15 is 0 Å². The minimum atomic E-state index is -0.493. The summed E-state index contributed by atoms with van der Waals surface area (Å²) >= 11 is 0. The van der Waals surface area contributed by atoms with E-state index in [9.17, 15) is 9.59 Å². The number of hydrogen-bond donors (Lipinski definition) is 0. The van der Waals surface area contributed by atoms with Crippen molar-refractivity contribution in [3.05, 3.63) is 0 Å². The van der Waals surface area contributed by atoms with Crippen molar-refractivity contribution in [1.82, 2.24) is 9.80 Å². The zero-order valence-corrected chi connectivity index (χ0v) is 14.9. The Kier molecular flexibility index (Phi) is 4.09. The highest BCUT2D eigenvalue weighted by atomic mass is 16.6. The van der Waals surface area contributed by atoms with E-state index in [0.29, 0.717) is 25.0 Å². The fourth-order valence-electron chi connectivity index (χ4n) is 4.06. The highest BCUT2D eigenvalue weighted by Gasteiger charge is 2.53. The molecule has 5 heteroatoms. The van der Waals surface area contributed by atoms with Gasteiger partial charge < -0.3 is 14.5 Å². The van der Waals surface area contributed by atoms with Crippen LogP contribution >= 0.6 is 0 Å². The summed E-state index contributed by atoms with van der Waals surface area (Å²) in [6.07, 6.45) is 4.89. The van der Waals surface area contributed by atoms with E-state index in [1.165, 1.54) is 12.8 Å². The second-order valence-corrected chi connectivity index (χ2v) is 8.74. The fraction of sp³-hybridized carbons (Fsp3) is 0.889. The van der Waals surface area contributed by atoms with E-state index in [-0.39, 0.29) is 17.4 Å². The van der Waals surface area contributed by atoms with Gasteiger partial charge in [0.25, 0.3) is 0 Å². The lowest BCUT2D eigenvalue weighted by Gasteiger charge is -2.39. The predicted molar refractivity (Wildman–Crippen MR) is 88.0 cm³/mol. The van der Waals surface area contributed by atoms with E-state index in [1.807, 2.05) is 20.8 Å². The van der Waals surface area contributed by atoms with Crippen LogP contribution < -0.4 is 0 Å². The van der Waals surface area contributed by atoms with E-state index < -0.39 is 5.60 Å². The smallest absolute Gasteiger partial charge is 0.410 e. The summed E-state index contributed by atoms with van der Waals surface area (Å²) in [6, 6.07) is 0.293. The van der Waals surface area contributed by atoms with Crippen molar-refractivity contribution in [2.75, 3.05) is 19.6 Å². The molecule has 2 amide bonds. The van der Waals surface area contributed by atoms with Gasteiger partial charge in [0.15, 0.2) is 0 Å². The number of ether oxygens (including phenoxy) is 1. The molecule has 0 aromatic rings. The molecule has 2 atom stereocenters. The third-order valence-corrected chi connectivity index (χ3v) is 5.31. The number of carbonyl (C=O) groups is 2. The van der Waals surface area contributed by atoms with Crippen LogP contribution in [-0.4, -0.2) is 53.1 Å². The molecule has 3 rings (SSSR count). The highest BCUT2D eigenvalue weighted by Crippen LogP contribution is 2.45. The maximum atomic E-state index is 13.1. The molecule has 0 bridgehead atoms. The second kappa shape index (κ2) is 5.67. The fourth-order valence-corrected chi connectivity index (χ4v) is 4.06. The Bertz CT molecular complexity index is 495. The summed E-state index contributed by atoms with van der Waals surface area (Å²) in [4.78, 5) is 29.3. The van der Waals surface area contributed by atoms with Crippen LogP contribution in [0.25, 0.3) is 0 Å². The molecule has 5 nitrogen and oxygen atoms in total. The lowest BCUT2D eigenvalue weighted by Crippen LogP contribution is -2.51. The predicted octanol–water partition coefficient (Wildman–Crippen LogP) is 3.03. The molecule has 2 heterocycles. The second-order valence-electron chi connectivity index (χ2n) is 8.74. The average molecular weight is 322 g/mol. The first-order chi connectivity index (χ1) is 10.7. The first kappa shape index (κ1) is 16.6. The van der Waals surface area contributed by atoms with Crippen molar-refractivity contribution in [3.8, 4) is 0 Å². The Morgan fingerprint density at radius 2 is 2.04 bits per heavy atom. The van der Waals surface area contributed by atoms with E-state index in [1.54, 1.807) is 4.90 Å². The number of carbonyl (C=O) groups excluding carboxylic acids is 2. The van der Waals surface area contributed by atoms with Gasteiger partial charge in [0.2, 0.25) is 5.91 Å². The SMILES string of the molecule is CC1CC2(CCCN(C(=O)OC(C)(C)C)C2)C(=O)N1CC1CC1. The van der Waals surface area contributed by atoms with Gasteiger partial charge in [0.05, 0.1) is 5.41 Å². The molecule has 1 saturated carbocycles. The van der Waals surface area contributed by atoms with Crippen LogP contribution in [0.15, 0.2) is 0 Å². The van der Waals surface area contributed by atoms with Crippen LogP contribution in [0, 0.1) is 11.3 Å². The molecule has 2 aliphatic heterocycles. The van der Waals surface area contributed by atoms with Gasteiger partial charge in [-0.25, -0.2) is 4.79 Å². The van der Waals surface area contributed by atoms with Crippen LogP contribution in [0.2, 0.25) is 0 Å². The van der Waals surface area contributed by atoms with Crippen LogP contribution in [0.1, 0.15) is 59.8 Å². The first-order valence-electron chi connectivity index (χ1n) is 8.99. The maximum absolute atomic E-state index is 13.1. The molecule has 2 unspecified atom stereocenters. The van der Waals surface area contributed by atoms with Gasteiger partial charge in [-0.1, -0.05) is 0 Å². The van der Waals surface area contributed by atoms with E-state index in [4.69, 9.17) is 4.74 Å². The van der Waals surface area contributed by atoms with Crippen LogP contribution in [0.4, 0.5) is 4.79 Å². The van der Waals surface area contributed by atoms with Crippen LogP contribution in [0.3, 0.4) is 0 Å². The molecule has 130 valence electrons. The molecular formula is C18H30N2O3. The topological polar surface area (TPSA) is 49.9 Å². The van der Waals surface area contributed by atoms with Gasteiger partial charge in [-0.3, -0.25) is 4.79 Å². The molecule has 3 aliphatic rings. The molecule has 1 spiro atoms. The van der Waals surface area contributed by atoms with Crippen molar-refractivity contribution in [1.29, 1.82) is 0 Å². The van der Waals surface area contributed by atoms with Gasteiger partial charge >= 0.3 is 6.09 Å². The minimum absolute atomic E-state index is 0.269. The lowest BCUT2D eigenvalue weighted by atomic mass is 9.77. The lowest BCUT2D eigenvalue weighted by molar-refractivity contribution is -0.139. The monoisotopic (exact) mass is 322 g/mol. The van der Waals surface area contributed by atoms with Crippen molar-refractivity contribution in [2.24, 2.45) is 11.3 Å². The number of piperidine rings is 1. The van der Waals surface area contributed by atoms with E-state index in [2.05, 4.69) is 11.8 Å². The standard InChI is InChI=1S/C18H30N2O3/c1-13-10-18(15(21)20(13)11-14-6-7-14)8-5-9-19(12-18)16(22)23-17(2,3)4/h13-14H,5-12H2,1-4H3. The Balaban J connectivity index is 1.69. The Morgan fingerprint density at radius 1 is 1.35 bits per heavy atom. The van der Waals surface area contributed by atoms with Gasteiger partial charge in [-0.05, 0) is 65.7 Å². The third-order valence-electron chi connectivity index (χ3n) is 5.31. The van der Waals surface area contributed by atoms with Gasteiger partial charge in [0, 0.05) is 25.7 Å². The number of nitrogens with zero attached hydrogens (tertiary/aromatic N) is 2. The summed E-state index contributed by atoms with van der Waals surface area (Å²) < 4.78 is 5.51. The molecule has 0 aromatic carbocycles.